The van der Waals surface area contributed by atoms with E-state index < -0.39 is 6.61 Å². The summed E-state index contributed by atoms with van der Waals surface area (Å²) >= 11 is 0. The lowest BCUT2D eigenvalue weighted by molar-refractivity contribution is -0.139. The van der Waals surface area contributed by atoms with Gasteiger partial charge in [-0.1, -0.05) is 18.2 Å². The number of nitrogens with zero attached hydrogens (tertiary/aromatic N) is 2. The molecule has 184 valence electrons. The first kappa shape index (κ1) is 25.3. The molecule has 2 aromatic rings. The molecule has 1 heterocycles. The number of fused-ring (bicyclic) bond motifs is 2. The highest BCUT2D eigenvalue weighted by atomic mass is 16.5. The van der Waals surface area contributed by atoms with Crippen molar-refractivity contribution in [2.24, 2.45) is 0 Å². The van der Waals surface area contributed by atoms with E-state index in [0.29, 0.717) is 37.8 Å². The zero-order valence-electron chi connectivity index (χ0n) is 19.7. The standard InChI is InChI=1S/C25H32N2O7/c1-19-7-8-22-24(15-19)34-14-13-33-23-6-4-3-5-21(23)26(16-20(29)18-28)9-11-32-12-10-27(22)17-25(30)31-2/h3-8,15,28H,9-14,16-18H2,1-2H3. The SMILES string of the molecule is COC(=O)CN1CCOCCN(CC(=O)CO)c2ccccc2OCCOc2cc(C)ccc21. The normalized spacial score (nSPS) is 15.0. The summed E-state index contributed by atoms with van der Waals surface area (Å²) in [4.78, 5) is 27.7. The van der Waals surface area contributed by atoms with E-state index >= 15 is 0 Å². The molecule has 34 heavy (non-hydrogen) atoms. The molecule has 0 fully saturated rings. The molecule has 0 radical (unpaired) electrons. The number of esters is 1. The van der Waals surface area contributed by atoms with E-state index in [-0.39, 0.29) is 38.1 Å². The molecule has 0 atom stereocenters. The maximum atomic E-state index is 12.1. The van der Waals surface area contributed by atoms with Gasteiger partial charge in [0.15, 0.2) is 5.78 Å². The van der Waals surface area contributed by atoms with Gasteiger partial charge in [0.05, 0.1) is 38.2 Å². The summed E-state index contributed by atoms with van der Waals surface area (Å²) in [5.41, 5.74) is 2.54. The Bertz CT molecular complexity index is 966. The van der Waals surface area contributed by atoms with E-state index in [2.05, 4.69) is 0 Å². The fourth-order valence-corrected chi connectivity index (χ4v) is 3.65. The molecule has 1 aliphatic rings. The van der Waals surface area contributed by atoms with Crippen LogP contribution in [-0.4, -0.2) is 83.2 Å². The lowest BCUT2D eigenvalue weighted by Gasteiger charge is -2.27. The zero-order valence-corrected chi connectivity index (χ0v) is 19.7. The van der Waals surface area contributed by atoms with Gasteiger partial charge in [-0.3, -0.25) is 9.59 Å². The number of rotatable bonds is 5. The van der Waals surface area contributed by atoms with Crippen LogP contribution in [-0.2, 0) is 19.1 Å². The van der Waals surface area contributed by atoms with E-state index in [1.807, 2.05) is 59.2 Å². The highest BCUT2D eigenvalue weighted by Gasteiger charge is 2.19. The fraction of sp³-hybridized carbons (Fsp3) is 0.440. The number of carbonyl (C=O) groups is 2. The van der Waals surface area contributed by atoms with Gasteiger partial charge >= 0.3 is 5.97 Å². The number of Topliss-reactive ketones (excluding diaryl/α,β-unsaturated/α-hetero) is 1. The third-order valence-electron chi connectivity index (χ3n) is 5.36. The van der Waals surface area contributed by atoms with Crippen LogP contribution in [0, 0.1) is 6.92 Å². The van der Waals surface area contributed by atoms with Crippen LogP contribution in [0.25, 0.3) is 0 Å². The maximum absolute atomic E-state index is 12.1. The Morgan fingerprint density at radius 3 is 2.26 bits per heavy atom. The number of ether oxygens (including phenoxy) is 4. The van der Waals surface area contributed by atoms with Gasteiger partial charge in [-0.25, -0.2) is 0 Å². The highest BCUT2D eigenvalue weighted by molar-refractivity contribution is 5.85. The monoisotopic (exact) mass is 472 g/mol. The molecule has 0 bridgehead atoms. The molecule has 0 saturated heterocycles. The zero-order chi connectivity index (χ0) is 24.3. The molecule has 9 nitrogen and oxygen atoms in total. The second-order valence-corrected chi connectivity index (χ2v) is 7.86. The van der Waals surface area contributed by atoms with Crippen LogP contribution in [0.15, 0.2) is 42.5 Å². The minimum Gasteiger partial charge on any atom is -0.488 e. The predicted molar refractivity (Wildman–Crippen MR) is 128 cm³/mol. The molecule has 0 aromatic heterocycles. The van der Waals surface area contributed by atoms with Crippen LogP contribution in [0.5, 0.6) is 11.5 Å². The molecule has 0 aliphatic carbocycles. The molecular weight excluding hydrogens is 440 g/mol. The van der Waals surface area contributed by atoms with Crippen molar-refractivity contribution in [2.45, 2.75) is 6.92 Å². The van der Waals surface area contributed by atoms with Gasteiger partial charge in [0, 0.05) is 13.1 Å². The number of para-hydroxylation sites is 2. The van der Waals surface area contributed by atoms with E-state index in [1.165, 1.54) is 7.11 Å². The van der Waals surface area contributed by atoms with Crippen LogP contribution in [0.1, 0.15) is 5.56 Å². The average molecular weight is 473 g/mol. The van der Waals surface area contributed by atoms with Crippen molar-refractivity contribution < 1.29 is 33.6 Å². The summed E-state index contributed by atoms with van der Waals surface area (Å²) in [6.45, 7) is 3.65. The van der Waals surface area contributed by atoms with Crippen LogP contribution in [0.3, 0.4) is 0 Å². The Morgan fingerprint density at radius 2 is 1.56 bits per heavy atom. The predicted octanol–water partition coefficient (Wildman–Crippen LogP) is 1.83. The van der Waals surface area contributed by atoms with Crippen LogP contribution >= 0.6 is 0 Å². The topological polar surface area (TPSA) is 97.8 Å². The summed E-state index contributed by atoms with van der Waals surface area (Å²) in [5, 5.41) is 9.25. The molecule has 9 heteroatoms. The number of aryl methyl sites for hydroxylation is 1. The maximum Gasteiger partial charge on any atom is 0.325 e. The molecule has 1 aliphatic heterocycles. The Balaban J connectivity index is 1.85. The van der Waals surface area contributed by atoms with Crippen molar-refractivity contribution in [2.75, 3.05) is 76.1 Å². The third kappa shape index (κ3) is 7.10. The number of ketones is 1. The first-order valence-corrected chi connectivity index (χ1v) is 11.2. The van der Waals surface area contributed by atoms with Crippen molar-refractivity contribution in [3.63, 3.8) is 0 Å². The molecule has 3 rings (SSSR count). The Labute approximate surface area is 199 Å². The number of benzene rings is 2. The fourth-order valence-electron chi connectivity index (χ4n) is 3.65. The molecular formula is C25H32N2O7. The van der Waals surface area contributed by atoms with Crippen molar-refractivity contribution in [1.29, 1.82) is 0 Å². The Kier molecular flexibility index (Phi) is 9.54. The number of methoxy groups -OCH3 is 1. The second-order valence-electron chi connectivity index (χ2n) is 7.86. The summed E-state index contributed by atoms with van der Waals surface area (Å²) in [7, 11) is 1.36. The van der Waals surface area contributed by atoms with Crippen molar-refractivity contribution >= 4 is 23.1 Å². The lowest BCUT2D eigenvalue weighted by atomic mass is 10.2. The molecule has 1 N–H and O–H groups in total. The summed E-state index contributed by atoms with van der Waals surface area (Å²) in [5.74, 6) is 0.595. The smallest absolute Gasteiger partial charge is 0.325 e. The van der Waals surface area contributed by atoms with E-state index in [1.54, 1.807) is 0 Å². The van der Waals surface area contributed by atoms with Gasteiger partial charge < -0.3 is 33.9 Å². The van der Waals surface area contributed by atoms with Gasteiger partial charge in [0.1, 0.15) is 37.9 Å². The van der Waals surface area contributed by atoms with Gasteiger partial charge in [0.2, 0.25) is 0 Å². The van der Waals surface area contributed by atoms with E-state index in [4.69, 9.17) is 18.9 Å². The number of aliphatic hydroxyl groups is 1. The average Bonchev–Trinajstić information content (AvgIpc) is 2.85. The number of anilines is 2. The van der Waals surface area contributed by atoms with Gasteiger partial charge in [-0.15, -0.1) is 0 Å². The number of aliphatic hydroxyl groups excluding tert-OH is 1. The van der Waals surface area contributed by atoms with Crippen LogP contribution in [0.2, 0.25) is 0 Å². The van der Waals surface area contributed by atoms with Gasteiger partial charge in [-0.2, -0.15) is 0 Å². The molecule has 0 unspecified atom stereocenters. The number of hydrogen-bond acceptors (Lipinski definition) is 9. The minimum absolute atomic E-state index is 0.0376. The minimum atomic E-state index is -0.533. The summed E-state index contributed by atoms with van der Waals surface area (Å²) in [6, 6.07) is 13.2. The first-order chi connectivity index (χ1) is 16.5. The second kappa shape index (κ2) is 12.8. The first-order valence-electron chi connectivity index (χ1n) is 11.2. The highest BCUT2D eigenvalue weighted by Crippen LogP contribution is 2.31. The third-order valence-corrected chi connectivity index (χ3v) is 5.36. The van der Waals surface area contributed by atoms with Crippen molar-refractivity contribution in [3.8, 4) is 11.5 Å². The van der Waals surface area contributed by atoms with E-state index in [0.717, 1.165) is 16.9 Å². The van der Waals surface area contributed by atoms with Crippen molar-refractivity contribution in [1.82, 2.24) is 0 Å². The lowest BCUT2D eigenvalue weighted by Crippen LogP contribution is -2.36. The summed E-state index contributed by atoms with van der Waals surface area (Å²) in [6.07, 6.45) is 0. The Morgan fingerprint density at radius 1 is 0.912 bits per heavy atom. The Hall–Kier alpha value is -3.30. The molecule has 0 amide bonds. The molecule has 0 spiro atoms. The van der Waals surface area contributed by atoms with E-state index in [9.17, 15) is 14.7 Å². The van der Waals surface area contributed by atoms with Crippen LogP contribution in [0.4, 0.5) is 11.4 Å². The quantitative estimate of drug-likeness (QED) is 0.654. The van der Waals surface area contributed by atoms with Crippen molar-refractivity contribution in [3.05, 3.63) is 48.0 Å². The molecule has 0 saturated carbocycles. The molecule has 2 aromatic carbocycles. The number of carbonyl (C=O) groups excluding carboxylic acids is 2. The van der Waals surface area contributed by atoms with Gasteiger partial charge in [-0.05, 0) is 36.8 Å². The van der Waals surface area contributed by atoms with Crippen LogP contribution < -0.4 is 19.3 Å². The van der Waals surface area contributed by atoms with Gasteiger partial charge in [0.25, 0.3) is 0 Å². The summed E-state index contributed by atoms with van der Waals surface area (Å²) < 4.78 is 22.8. The number of hydrogen-bond donors (Lipinski definition) is 1. The largest absolute Gasteiger partial charge is 0.488 e.